The molecule has 1 aliphatic heterocycles. The molecule has 1 aliphatic rings. The molecule has 0 spiro atoms. The summed E-state index contributed by atoms with van der Waals surface area (Å²) in [5.74, 6) is 0. The second kappa shape index (κ2) is 3.65. The second-order valence-electron chi connectivity index (χ2n) is 4.04. The zero-order valence-electron chi connectivity index (χ0n) is 8.10. The molecule has 2 N–H and O–H groups in total. The lowest BCUT2D eigenvalue weighted by Crippen LogP contribution is -2.45. The van der Waals surface area contributed by atoms with Crippen LogP contribution in [0.3, 0.4) is 0 Å². The van der Waals surface area contributed by atoms with Crippen LogP contribution in [0.1, 0.15) is 20.8 Å². The third kappa shape index (κ3) is 2.99. The van der Waals surface area contributed by atoms with Crippen molar-refractivity contribution in [1.29, 1.82) is 0 Å². The summed E-state index contributed by atoms with van der Waals surface area (Å²) in [5.41, 5.74) is -0.406. The molecule has 0 bridgehead atoms. The van der Waals surface area contributed by atoms with Gasteiger partial charge in [-0.1, -0.05) is 0 Å². The standard InChI is InChI=1S/C9H16O4/c1-9(2,3)13-8-7(11)6(10)4-5-12-8/h4-8,10-11H,1-3H3. The first kappa shape index (κ1) is 10.5. The van der Waals surface area contributed by atoms with E-state index in [0.29, 0.717) is 0 Å². The molecule has 1 rings (SSSR count). The number of rotatable bonds is 1. The highest BCUT2D eigenvalue weighted by atomic mass is 16.7. The zero-order chi connectivity index (χ0) is 10.1. The van der Waals surface area contributed by atoms with Crippen molar-refractivity contribution in [2.75, 3.05) is 0 Å². The third-order valence-corrected chi connectivity index (χ3v) is 1.59. The fraction of sp³-hybridized carbons (Fsp3) is 0.778. The van der Waals surface area contributed by atoms with Gasteiger partial charge in [0, 0.05) is 0 Å². The van der Waals surface area contributed by atoms with Crippen molar-refractivity contribution in [3.05, 3.63) is 12.3 Å². The van der Waals surface area contributed by atoms with Gasteiger partial charge in [0.2, 0.25) is 6.29 Å². The van der Waals surface area contributed by atoms with E-state index in [4.69, 9.17) is 9.47 Å². The molecule has 0 aromatic rings. The molecule has 0 saturated heterocycles. The SMILES string of the molecule is CC(C)(C)OC1OC=CC(O)C1O. The average Bonchev–Trinajstić information content (AvgIpc) is 1.96. The summed E-state index contributed by atoms with van der Waals surface area (Å²) in [6.07, 6.45) is -0.00799. The van der Waals surface area contributed by atoms with E-state index < -0.39 is 24.1 Å². The monoisotopic (exact) mass is 188 g/mol. The largest absolute Gasteiger partial charge is 0.470 e. The molecule has 4 nitrogen and oxygen atoms in total. The van der Waals surface area contributed by atoms with E-state index in [1.165, 1.54) is 12.3 Å². The second-order valence-corrected chi connectivity index (χ2v) is 4.04. The molecule has 3 atom stereocenters. The number of ether oxygens (including phenoxy) is 2. The van der Waals surface area contributed by atoms with Crippen LogP contribution in [-0.4, -0.2) is 34.3 Å². The summed E-state index contributed by atoms with van der Waals surface area (Å²) < 4.78 is 10.4. The minimum Gasteiger partial charge on any atom is -0.470 e. The Hall–Kier alpha value is -0.580. The highest BCUT2D eigenvalue weighted by Gasteiger charge is 2.32. The summed E-state index contributed by atoms with van der Waals surface area (Å²) in [5, 5.41) is 18.7. The average molecular weight is 188 g/mol. The highest BCUT2D eigenvalue weighted by Crippen LogP contribution is 2.19. The van der Waals surface area contributed by atoms with Crippen molar-refractivity contribution in [1.82, 2.24) is 0 Å². The van der Waals surface area contributed by atoms with Crippen LogP contribution >= 0.6 is 0 Å². The maximum atomic E-state index is 9.45. The van der Waals surface area contributed by atoms with Crippen LogP contribution in [0.2, 0.25) is 0 Å². The lowest BCUT2D eigenvalue weighted by molar-refractivity contribution is -0.233. The van der Waals surface area contributed by atoms with Crippen molar-refractivity contribution in [3.8, 4) is 0 Å². The Bertz CT molecular complexity index is 194. The normalized spacial score (nSPS) is 34.4. The van der Waals surface area contributed by atoms with E-state index in [2.05, 4.69) is 0 Å². The maximum absolute atomic E-state index is 9.45. The van der Waals surface area contributed by atoms with Crippen LogP contribution in [0.25, 0.3) is 0 Å². The van der Waals surface area contributed by atoms with Crippen molar-refractivity contribution < 1.29 is 19.7 Å². The van der Waals surface area contributed by atoms with Crippen molar-refractivity contribution >= 4 is 0 Å². The van der Waals surface area contributed by atoms with E-state index >= 15 is 0 Å². The zero-order valence-corrected chi connectivity index (χ0v) is 8.10. The summed E-state index contributed by atoms with van der Waals surface area (Å²) in [4.78, 5) is 0. The Morgan fingerprint density at radius 2 is 1.92 bits per heavy atom. The summed E-state index contributed by atoms with van der Waals surface area (Å²) >= 11 is 0. The van der Waals surface area contributed by atoms with Gasteiger partial charge >= 0.3 is 0 Å². The predicted molar refractivity (Wildman–Crippen MR) is 46.9 cm³/mol. The minimum absolute atomic E-state index is 0.406. The summed E-state index contributed by atoms with van der Waals surface area (Å²) in [6, 6.07) is 0. The molecule has 3 unspecified atom stereocenters. The van der Waals surface area contributed by atoms with Gasteiger partial charge in [0.1, 0.15) is 12.2 Å². The Morgan fingerprint density at radius 3 is 2.46 bits per heavy atom. The molecule has 76 valence electrons. The first-order valence-electron chi connectivity index (χ1n) is 4.26. The van der Waals surface area contributed by atoms with Crippen LogP contribution in [0.15, 0.2) is 12.3 Å². The number of hydrogen-bond donors (Lipinski definition) is 2. The molecule has 0 aromatic carbocycles. The number of aliphatic hydroxyl groups excluding tert-OH is 2. The van der Waals surface area contributed by atoms with Crippen LogP contribution in [0, 0.1) is 0 Å². The van der Waals surface area contributed by atoms with Gasteiger partial charge in [0.05, 0.1) is 11.9 Å². The molecule has 1 heterocycles. The smallest absolute Gasteiger partial charge is 0.228 e. The molecule has 0 radical (unpaired) electrons. The van der Waals surface area contributed by atoms with Gasteiger partial charge in [-0.05, 0) is 26.8 Å². The summed E-state index contributed by atoms with van der Waals surface area (Å²) in [6.45, 7) is 5.56. The lowest BCUT2D eigenvalue weighted by Gasteiger charge is -2.33. The Labute approximate surface area is 77.8 Å². The molecule has 0 fully saturated rings. The molecular formula is C9H16O4. The van der Waals surface area contributed by atoms with Gasteiger partial charge in [-0.2, -0.15) is 0 Å². The molecule has 4 heteroatoms. The third-order valence-electron chi connectivity index (χ3n) is 1.59. The molecule has 0 aromatic heterocycles. The molecule has 0 amide bonds. The van der Waals surface area contributed by atoms with Gasteiger partial charge < -0.3 is 19.7 Å². The van der Waals surface area contributed by atoms with Crippen molar-refractivity contribution in [3.63, 3.8) is 0 Å². The van der Waals surface area contributed by atoms with Gasteiger partial charge in [0.15, 0.2) is 0 Å². The lowest BCUT2D eigenvalue weighted by atomic mass is 10.1. The number of hydrogen-bond acceptors (Lipinski definition) is 4. The Kier molecular flexibility index (Phi) is 2.95. The fourth-order valence-corrected chi connectivity index (χ4v) is 1.00. The van der Waals surface area contributed by atoms with E-state index in [9.17, 15) is 10.2 Å². The van der Waals surface area contributed by atoms with E-state index in [-0.39, 0.29) is 0 Å². The van der Waals surface area contributed by atoms with Gasteiger partial charge in [0.25, 0.3) is 0 Å². The van der Waals surface area contributed by atoms with Crippen LogP contribution < -0.4 is 0 Å². The van der Waals surface area contributed by atoms with Gasteiger partial charge in [-0.3, -0.25) is 0 Å². The van der Waals surface area contributed by atoms with Crippen LogP contribution in [-0.2, 0) is 9.47 Å². The minimum atomic E-state index is -1.02. The fourth-order valence-electron chi connectivity index (χ4n) is 1.00. The van der Waals surface area contributed by atoms with E-state index in [1.807, 2.05) is 20.8 Å². The van der Waals surface area contributed by atoms with Crippen LogP contribution in [0.4, 0.5) is 0 Å². The van der Waals surface area contributed by atoms with E-state index in [1.54, 1.807) is 0 Å². The van der Waals surface area contributed by atoms with E-state index in [0.717, 1.165) is 0 Å². The molecular weight excluding hydrogens is 172 g/mol. The van der Waals surface area contributed by atoms with Crippen molar-refractivity contribution in [2.24, 2.45) is 0 Å². The first-order valence-corrected chi connectivity index (χ1v) is 4.26. The quantitative estimate of drug-likeness (QED) is 0.625. The predicted octanol–water partition coefficient (Wildman–Crippen LogP) is 0.393. The van der Waals surface area contributed by atoms with Crippen LogP contribution in [0.5, 0.6) is 0 Å². The Morgan fingerprint density at radius 1 is 1.31 bits per heavy atom. The Balaban J connectivity index is 2.56. The molecule has 13 heavy (non-hydrogen) atoms. The van der Waals surface area contributed by atoms with Crippen molar-refractivity contribution in [2.45, 2.75) is 44.9 Å². The topological polar surface area (TPSA) is 58.9 Å². The van der Waals surface area contributed by atoms with Gasteiger partial charge in [-0.25, -0.2) is 0 Å². The highest BCUT2D eigenvalue weighted by molar-refractivity contribution is 4.94. The van der Waals surface area contributed by atoms with Gasteiger partial charge in [-0.15, -0.1) is 0 Å². The number of aliphatic hydroxyl groups is 2. The molecule has 0 saturated carbocycles. The molecule has 0 aliphatic carbocycles. The first-order chi connectivity index (χ1) is 5.90. The summed E-state index contributed by atoms with van der Waals surface area (Å²) in [7, 11) is 0. The maximum Gasteiger partial charge on any atom is 0.228 e.